The van der Waals surface area contributed by atoms with Crippen LogP contribution in [0.5, 0.6) is 0 Å². The molecule has 1 aliphatic rings. The molecule has 0 bridgehead atoms. The van der Waals surface area contributed by atoms with Crippen LogP contribution in [0.3, 0.4) is 0 Å². The predicted molar refractivity (Wildman–Crippen MR) is 112 cm³/mol. The summed E-state index contributed by atoms with van der Waals surface area (Å²) >= 11 is 0. The molecule has 0 aliphatic carbocycles. The van der Waals surface area contributed by atoms with E-state index in [1.165, 1.54) is 14.2 Å². The number of fused-ring (bicyclic) bond motifs is 1. The molecule has 7 nitrogen and oxygen atoms in total. The first kappa shape index (κ1) is 22.1. The van der Waals surface area contributed by atoms with Crippen LogP contribution in [0.2, 0.25) is 0 Å². The van der Waals surface area contributed by atoms with E-state index in [-0.39, 0.29) is 11.8 Å². The summed E-state index contributed by atoms with van der Waals surface area (Å²) in [6, 6.07) is 6.35. The zero-order valence-electron chi connectivity index (χ0n) is 17.1. The van der Waals surface area contributed by atoms with Crippen LogP contribution in [0.1, 0.15) is 35.7 Å². The Balaban J connectivity index is 2.45. The molecule has 0 spiro atoms. The van der Waals surface area contributed by atoms with Gasteiger partial charge in [0.1, 0.15) is 6.04 Å². The van der Waals surface area contributed by atoms with Gasteiger partial charge in [0.05, 0.1) is 13.7 Å². The molecule has 154 valence electrons. The molecule has 7 heteroatoms. The molecular formula is C22H27N3O4. The maximum atomic E-state index is 13.0. The standard InChI is InChI=1S/C22H27N3O4/c1-5-11-20-23-16(2)17-12-8-9-13-18(17)21(26)24-19(22(27)25(3)28-4)14-7-6-10-15-29-20/h5-9,11-13,19H,1,10,14-15H2,2-4H3,(H,24,26)/b7-6-,20-11+,23-16+. The number of ether oxygens (including phenoxy) is 1. The molecule has 0 radical (unpaired) electrons. The van der Waals surface area contributed by atoms with Gasteiger partial charge in [0.25, 0.3) is 11.8 Å². The van der Waals surface area contributed by atoms with Gasteiger partial charge in [-0.2, -0.15) is 0 Å². The third-order valence-electron chi connectivity index (χ3n) is 4.36. The smallest absolute Gasteiger partial charge is 0.268 e. The van der Waals surface area contributed by atoms with Crippen LogP contribution in [0.4, 0.5) is 0 Å². The summed E-state index contributed by atoms with van der Waals surface area (Å²) in [7, 11) is 2.91. The zero-order chi connectivity index (χ0) is 21.2. The second kappa shape index (κ2) is 11.0. The molecule has 1 aromatic rings. The molecule has 1 aromatic carbocycles. The first-order valence-corrected chi connectivity index (χ1v) is 9.35. The number of carbonyl (C=O) groups excluding carboxylic acids is 2. The SMILES string of the molecule is C=C/C=C1\N=C(/C)c2ccccc2C(=O)NC(C(=O)N(C)OC)C/C=C\CCO1. The first-order chi connectivity index (χ1) is 14.0. The molecule has 0 saturated carbocycles. The van der Waals surface area contributed by atoms with Gasteiger partial charge in [0, 0.05) is 23.9 Å². The summed E-state index contributed by atoms with van der Waals surface area (Å²) in [4.78, 5) is 35.1. The van der Waals surface area contributed by atoms with E-state index < -0.39 is 6.04 Å². The lowest BCUT2D eigenvalue weighted by Crippen LogP contribution is -2.47. The normalized spacial score (nSPS) is 22.2. The van der Waals surface area contributed by atoms with E-state index in [0.29, 0.717) is 42.2 Å². The van der Waals surface area contributed by atoms with Gasteiger partial charge in [-0.3, -0.25) is 14.4 Å². The molecule has 1 atom stereocenters. The molecule has 1 aliphatic heterocycles. The van der Waals surface area contributed by atoms with Crippen LogP contribution in [-0.4, -0.2) is 49.4 Å². The van der Waals surface area contributed by atoms with Crippen LogP contribution < -0.4 is 5.32 Å². The van der Waals surface area contributed by atoms with Crippen molar-refractivity contribution in [2.45, 2.75) is 25.8 Å². The van der Waals surface area contributed by atoms with E-state index in [1.54, 1.807) is 31.2 Å². The Labute approximate surface area is 171 Å². The van der Waals surface area contributed by atoms with Gasteiger partial charge in [-0.05, 0) is 31.9 Å². The largest absolute Gasteiger partial charge is 0.477 e. The van der Waals surface area contributed by atoms with Gasteiger partial charge in [0.15, 0.2) is 0 Å². The molecular weight excluding hydrogens is 370 g/mol. The average Bonchev–Trinajstić information content (AvgIpc) is 2.73. The summed E-state index contributed by atoms with van der Waals surface area (Å²) in [5.74, 6) is -0.278. The van der Waals surface area contributed by atoms with Crippen LogP contribution in [0, 0.1) is 0 Å². The highest BCUT2D eigenvalue weighted by molar-refractivity contribution is 6.10. The minimum atomic E-state index is -0.755. The molecule has 0 saturated heterocycles. The Morgan fingerprint density at radius 1 is 1.34 bits per heavy atom. The summed E-state index contributed by atoms with van der Waals surface area (Å²) in [5.41, 5.74) is 1.70. The molecule has 1 heterocycles. The fourth-order valence-corrected chi connectivity index (χ4v) is 2.79. The van der Waals surface area contributed by atoms with Crippen molar-refractivity contribution in [1.29, 1.82) is 0 Å². The van der Waals surface area contributed by atoms with E-state index in [1.807, 2.05) is 24.3 Å². The number of hydroxylamine groups is 2. The Hall–Kier alpha value is -3.19. The highest BCUT2D eigenvalue weighted by Crippen LogP contribution is 2.15. The van der Waals surface area contributed by atoms with E-state index in [9.17, 15) is 9.59 Å². The van der Waals surface area contributed by atoms with E-state index in [0.717, 1.165) is 5.06 Å². The van der Waals surface area contributed by atoms with Crippen molar-refractivity contribution >= 4 is 17.5 Å². The van der Waals surface area contributed by atoms with Gasteiger partial charge >= 0.3 is 0 Å². The van der Waals surface area contributed by atoms with Crippen LogP contribution in [0.15, 0.2) is 66.0 Å². The minimum absolute atomic E-state index is 0.336. The van der Waals surface area contributed by atoms with E-state index in [2.05, 4.69) is 16.9 Å². The lowest BCUT2D eigenvalue weighted by Gasteiger charge is -2.22. The van der Waals surface area contributed by atoms with Crippen molar-refractivity contribution in [3.8, 4) is 0 Å². The Morgan fingerprint density at radius 2 is 2.07 bits per heavy atom. The zero-order valence-corrected chi connectivity index (χ0v) is 17.1. The minimum Gasteiger partial charge on any atom is -0.477 e. The number of rotatable bonds is 3. The number of hydrogen-bond acceptors (Lipinski definition) is 5. The number of hydrogen-bond donors (Lipinski definition) is 1. The highest BCUT2D eigenvalue weighted by atomic mass is 16.7. The van der Waals surface area contributed by atoms with Gasteiger partial charge in [0.2, 0.25) is 5.88 Å². The number of carbonyl (C=O) groups is 2. The highest BCUT2D eigenvalue weighted by Gasteiger charge is 2.25. The van der Waals surface area contributed by atoms with Crippen LogP contribution in [0.25, 0.3) is 0 Å². The average molecular weight is 397 g/mol. The van der Waals surface area contributed by atoms with Crippen LogP contribution >= 0.6 is 0 Å². The third-order valence-corrected chi connectivity index (χ3v) is 4.36. The molecule has 2 amide bonds. The second-order valence-electron chi connectivity index (χ2n) is 6.37. The number of nitrogens with zero attached hydrogens (tertiary/aromatic N) is 2. The number of aliphatic imine (C=N–C) groups is 1. The first-order valence-electron chi connectivity index (χ1n) is 9.35. The molecule has 29 heavy (non-hydrogen) atoms. The number of allylic oxidation sites excluding steroid dienone is 2. The molecule has 0 aromatic heterocycles. The number of nitrogens with one attached hydrogen (secondary N) is 1. The van der Waals surface area contributed by atoms with Crippen LogP contribution in [-0.2, 0) is 14.4 Å². The maximum Gasteiger partial charge on any atom is 0.268 e. The van der Waals surface area contributed by atoms with Gasteiger partial charge < -0.3 is 10.1 Å². The summed E-state index contributed by atoms with van der Waals surface area (Å²) in [6.07, 6.45) is 8.00. The molecule has 1 unspecified atom stereocenters. The quantitative estimate of drug-likeness (QED) is 0.628. The topological polar surface area (TPSA) is 80.2 Å². The maximum absolute atomic E-state index is 13.0. The summed E-state index contributed by atoms with van der Waals surface area (Å²) < 4.78 is 5.72. The van der Waals surface area contributed by atoms with Crippen molar-refractivity contribution in [2.24, 2.45) is 4.99 Å². The Kier molecular flexibility index (Phi) is 8.36. The van der Waals surface area contributed by atoms with Crippen molar-refractivity contribution in [3.63, 3.8) is 0 Å². The fraction of sp³-hybridized carbons (Fsp3) is 0.318. The predicted octanol–water partition coefficient (Wildman–Crippen LogP) is 3.01. The van der Waals surface area contributed by atoms with Gasteiger partial charge in [-0.25, -0.2) is 10.1 Å². The molecule has 0 fully saturated rings. The summed E-state index contributed by atoms with van der Waals surface area (Å²) in [5, 5.41) is 3.93. The van der Waals surface area contributed by atoms with Gasteiger partial charge in [-0.15, -0.1) is 0 Å². The van der Waals surface area contributed by atoms with E-state index >= 15 is 0 Å². The number of amides is 2. The van der Waals surface area contributed by atoms with Crippen molar-refractivity contribution < 1.29 is 19.2 Å². The lowest BCUT2D eigenvalue weighted by molar-refractivity contribution is -0.170. The van der Waals surface area contributed by atoms with E-state index in [4.69, 9.17) is 9.57 Å². The Bertz CT molecular complexity index is 842. The molecule has 1 N–H and O–H groups in total. The third kappa shape index (κ3) is 6.15. The van der Waals surface area contributed by atoms with Crippen molar-refractivity contribution in [2.75, 3.05) is 20.8 Å². The van der Waals surface area contributed by atoms with Crippen molar-refractivity contribution in [3.05, 3.63) is 72.2 Å². The number of benzene rings is 1. The second-order valence-corrected chi connectivity index (χ2v) is 6.37. The van der Waals surface area contributed by atoms with Crippen molar-refractivity contribution in [1.82, 2.24) is 10.4 Å². The Morgan fingerprint density at radius 3 is 2.76 bits per heavy atom. The lowest BCUT2D eigenvalue weighted by atomic mass is 10.0. The fourth-order valence-electron chi connectivity index (χ4n) is 2.79. The number of likely N-dealkylation sites (N-methyl/N-ethyl adjacent to an activating group) is 1. The molecule has 2 rings (SSSR count). The monoisotopic (exact) mass is 397 g/mol. The summed E-state index contributed by atoms with van der Waals surface area (Å²) in [6.45, 7) is 5.92. The van der Waals surface area contributed by atoms with Gasteiger partial charge in [-0.1, -0.05) is 43.0 Å².